The van der Waals surface area contributed by atoms with E-state index in [1.807, 2.05) is 0 Å². The van der Waals surface area contributed by atoms with Crippen LogP contribution in [0.4, 0.5) is 0 Å². The van der Waals surface area contributed by atoms with E-state index < -0.39 is 6.04 Å². The fourth-order valence-corrected chi connectivity index (χ4v) is 1.18. The van der Waals surface area contributed by atoms with Crippen LogP contribution >= 0.6 is 0 Å². The number of likely N-dealkylation sites (N-methyl/N-ethyl adjacent to an activating group) is 1. The monoisotopic (exact) mass is 235 g/mol. The van der Waals surface area contributed by atoms with E-state index in [2.05, 4.69) is 27.8 Å². The lowest BCUT2D eigenvalue weighted by molar-refractivity contribution is -0.123. The summed E-state index contributed by atoms with van der Waals surface area (Å²) in [7, 11) is 1.65. The van der Waals surface area contributed by atoms with Crippen LogP contribution < -0.4 is 16.0 Å². The van der Waals surface area contributed by atoms with E-state index >= 15 is 0 Å². The van der Waals surface area contributed by atoms with Gasteiger partial charge >= 0.3 is 0 Å². The maximum absolute atomic E-state index is 11.5. The minimum atomic E-state index is -0.431. The Labute approximate surface area is 102 Å². The Morgan fingerprint density at radius 2 is 1.76 bits per heavy atom. The largest absolute Gasteiger partial charge is 0.345 e. The van der Waals surface area contributed by atoms with Crippen LogP contribution in [0.15, 0.2) is 0 Å². The minimum Gasteiger partial charge on any atom is -0.345 e. The van der Waals surface area contributed by atoms with Gasteiger partial charge in [0.1, 0.15) is 0 Å². The molecule has 0 bridgehead atoms. The molecule has 0 fully saturated rings. The topological polar surface area (TPSA) is 70.2 Å². The molecule has 92 valence electrons. The maximum atomic E-state index is 11.5. The molecule has 5 nitrogen and oxygen atoms in total. The third-order valence-electron chi connectivity index (χ3n) is 2.08. The molecule has 1 unspecified atom stereocenters. The first-order valence-corrected chi connectivity index (χ1v) is 5.24. The molecule has 0 aliphatic heterocycles. The van der Waals surface area contributed by atoms with E-state index in [9.17, 15) is 9.59 Å². The summed E-state index contributed by atoms with van der Waals surface area (Å²) < 4.78 is 0. The van der Waals surface area contributed by atoms with Crippen LogP contribution in [0, 0.1) is 24.7 Å². The molecule has 1 atom stereocenters. The van der Waals surface area contributed by atoms with Gasteiger partial charge in [0, 0.05) is 6.42 Å². The van der Waals surface area contributed by atoms with Crippen molar-refractivity contribution < 1.29 is 9.59 Å². The van der Waals surface area contributed by atoms with Crippen molar-refractivity contribution in [1.29, 1.82) is 0 Å². The summed E-state index contributed by atoms with van der Waals surface area (Å²) in [6, 6.07) is -0.431. The molecule has 5 heteroatoms. The van der Waals surface area contributed by atoms with Crippen molar-refractivity contribution in [2.45, 2.75) is 18.9 Å². The predicted molar refractivity (Wildman–Crippen MR) is 65.8 cm³/mol. The Hall–Kier alpha value is -1.98. The summed E-state index contributed by atoms with van der Waals surface area (Å²) in [5.41, 5.74) is 0. The van der Waals surface area contributed by atoms with Crippen LogP contribution in [0.25, 0.3) is 0 Å². The quantitative estimate of drug-likeness (QED) is 0.488. The lowest BCUT2D eigenvalue weighted by atomic mass is 10.1. The molecule has 0 heterocycles. The first-order chi connectivity index (χ1) is 8.15. The van der Waals surface area contributed by atoms with Crippen molar-refractivity contribution in [2.75, 3.05) is 20.1 Å². The number of rotatable bonds is 7. The summed E-state index contributed by atoms with van der Waals surface area (Å²) in [6.07, 6.45) is 10.7. The number of carbonyl (C=O) groups is 2. The van der Waals surface area contributed by atoms with E-state index in [4.69, 9.17) is 12.8 Å². The Kier molecular flexibility index (Phi) is 8.18. The third-order valence-corrected chi connectivity index (χ3v) is 2.08. The summed E-state index contributed by atoms with van der Waals surface area (Å²) >= 11 is 0. The van der Waals surface area contributed by atoms with Crippen molar-refractivity contribution in [3.05, 3.63) is 0 Å². The second-order valence-electron chi connectivity index (χ2n) is 3.28. The number of hydrogen-bond acceptors (Lipinski definition) is 3. The molecule has 17 heavy (non-hydrogen) atoms. The Morgan fingerprint density at radius 3 is 2.29 bits per heavy atom. The van der Waals surface area contributed by atoms with E-state index in [1.165, 1.54) is 0 Å². The Morgan fingerprint density at radius 1 is 1.18 bits per heavy atom. The third kappa shape index (κ3) is 6.99. The van der Waals surface area contributed by atoms with Gasteiger partial charge in [0.2, 0.25) is 11.8 Å². The summed E-state index contributed by atoms with van der Waals surface area (Å²) in [5, 5.41) is 7.90. The van der Waals surface area contributed by atoms with Crippen molar-refractivity contribution in [3.63, 3.8) is 0 Å². The highest BCUT2D eigenvalue weighted by Crippen LogP contribution is 1.97. The second-order valence-corrected chi connectivity index (χ2v) is 3.28. The zero-order valence-electron chi connectivity index (χ0n) is 9.88. The van der Waals surface area contributed by atoms with Gasteiger partial charge in [0.15, 0.2) is 0 Å². The van der Waals surface area contributed by atoms with Crippen LogP contribution in [0.5, 0.6) is 0 Å². The molecule has 3 N–H and O–H groups in total. The van der Waals surface area contributed by atoms with Crippen molar-refractivity contribution >= 4 is 11.8 Å². The van der Waals surface area contributed by atoms with Crippen LogP contribution in [0.1, 0.15) is 12.8 Å². The first kappa shape index (κ1) is 15.0. The zero-order chi connectivity index (χ0) is 13.1. The average Bonchev–Trinajstić information content (AvgIpc) is 2.34. The SMILES string of the molecule is C#CCNC(=O)CCC(NC)C(=O)NCC#C. The van der Waals surface area contributed by atoms with E-state index in [0.717, 1.165) is 0 Å². The van der Waals surface area contributed by atoms with Crippen molar-refractivity contribution in [2.24, 2.45) is 0 Å². The molecule has 0 saturated heterocycles. The van der Waals surface area contributed by atoms with E-state index in [0.29, 0.717) is 6.42 Å². The molecule has 0 saturated carbocycles. The van der Waals surface area contributed by atoms with E-state index in [-0.39, 0.29) is 31.3 Å². The highest BCUT2D eigenvalue weighted by atomic mass is 16.2. The first-order valence-electron chi connectivity index (χ1n) is 5.24. The fraction of sp³-hybridized carbons (Fsp3) is 0.500. The van der Waals surface area contributed by atoms with Gasteiger partial charge in [-0.25, -0.2) is 0 Å². The summed E-state index contributed by atoms with van der Waals surface area (Å²) in [4.78, 5) is 22.8. The number of amides is 2. The highest BCUT2D eigenvalue weighted by Gasteiger charge is 2.16. The standard InChI is InChI=1S/C12H17N3O2/c1-4-8-14-11(16)7-6-10(13-3)12(17)15-9-5-2/h1-2,10,13H,6-9H2,3H3,(H,14,16)(H,15,17). The molecular weight excluding hydrogens is 218 g/mol. The molecule has 0 aromatic carbocycles. The Balaban J connectivity index is 3.98. The van der Waals surface area contributed by atoms with Gasteiger partial charge < -0.3 is 16.0 Å². The number of nitrogens with one attached hydrogen (secondary N) is 3. The van der Waals surface area contributed by atoms with Gasteiger partial charge in [0.05, 0.1) is 19.1 Å². The molecule has 0 radical (unpaired) electrons. The van der Waals surface area contributed by atoms with Gasteiger partial charge in [-0.05, 0) is 13.5 Å². The molecule has 0 aromatic rings. The van der Waals surface area contributed by atoms with Gasteiger partial charge in [-0.3, -0.25) is 9.59 Å². The smallest absolute Gasteiger partial charge is 0.237 e. The predicted octanol–water partition coefficient (Wildman–Crippen LogP) is -1.15. The van der Waals surface area contributed by atoms with E-state index in [1.54, 1.807) is 7.05 Å². The summed E-state index contributed by atoms with van der Waals surface area (Å²) in [5.74, 6) is 4.23. The van der Waals surface area contributed by atoms with Gasteiger partial charge in [-0.2, -0.15) is 0 Å². The number of hydrogen-bond donors (Lipinski definition) is 3. The van der Waals surface area contributed by atoms with Crippen molar-refractivity contribution in [1.82, 2.24) is 16.0 Å². The lowest BCUT2D eigenvalue weighted by Gasteiger charge is -2.14. The average molecular weight is 235 g/mol. The lowest BCUT2D eigenvalue weighted by Crippen LogP contribution is -2.43. The molecule has 0 aliphatic carbocycles. The van der Waals surface area contributed by atoms with Gasteiger partial charge in [-0.1, -0.05) is 11.8 Å². The van der Waals surface area contributed by atoms with Crippen LogP contribution in [-0.2, 0) is 9.59 Å². The fourth-order valence-electron chi connectivity index (χ4n) is 1.18. The molecule has 0 aliphatic rings. The normalized spacial score (nSPS) is 10.8. The molecule has 0 rings (SSSR count). The van der Waals surface area contributed by atoms with Crippen LogP contribution in [-0.4, -0.2) is 38.0 Å². The van der Waals surface area contributed by atoms with Crippen LogP contribution in [0.2, 0.25) is 0 Å². The molecule has 0 aromatic heterocycles. The molecule has 0 spiro atoms. The molecule has 2 amide bonds. The van der Waals surface area contributed by atoms with Gasteiger partial charge in [0.25, 0.3) is 0 Å². The van der Waals surface area contributed by atoms with Crippen molar-refractivity contribution in [3.8, 4) is 24.7 Å². The molecular formula is C12H17N3O2. The number of terminal acetylenes is 2. The zero-order valence-corrected chi connectivity index (χ0v) is 9.88. The van der Waals surface area contributed by atoms with Gasteiger partial charge in [-0.15, -0.1) is 12.8 Å². The Bertz CT molecular complexity index is 339. The highest BCUT2D eigenvalue weighted by molar-refractivity contribution is 5.83. The maximum Gasteiger partial charge on any atom is 0.237 e. The second kappa shape index (κ2) is 9.26. The summed E-state index contributed by atoms with van der Waals surface area (Å²) in [6.45, 7) is 0.382. The number of carbonyl (C=O) groups excluding carboxylic acids is 2. The minimum absolute atomic E-state index is 0.173. The van der Waals surface area contributed by atoms with Crippen LogP contribution in [0.3, 0.4) is 0 Å².